The Morgan fingerprint density at radius 3 is 2.81 bits per heavy atom. The zero-order valence-corrected chi connectivity index (χ0v) is 15.4. The molecule has 1 aliphatic heterocycles. The maximum atomic E-state index is 13.9. The summed E-state index contributed by atoms with van der Waals surface area (Å²) in [6.45, 7) is 1.87. The molecule has 1 aromatic carbocycles. The van der Waals surface area contributed by atoms with E-state index in [9.17, 15) is 4.39 Å². The quantitative estimate of drug-likeness (QED) is 0.744. The normalized spacial score (nSPS) is 17.7. The van der Waals surface area contributed by atoms with E-state index in [0.29, 0.717) is 11.7 Å². The highest BCUT2D eigenvalue weighted by atomic mass is 32.1. The van der Waals surface area contributed by atoms with E-state index >= 15 is 0 Å². The predicted molar refractivity (Wildman–Crippen MR) is 105 cm³/mol. The number of hydrogen-bond acceptors (Lipinski definition) is 5. The Hall–Kier alpha value is -2.21. The van der Waals surface area contributed by atoms with E-state index in [1.54, 1.807) is 12.4 Å². The smallest absolute Gasteiger partial charge is 0.146 e. The molecule has 5 rings (SSSR count). The SMILES string of the molecule is Fc1ccccc1NC1CCN(c2ncnc3sc4c(c23)CCC4)CC1. The fourth-order valence-corrected chi connectivity index (χ4v) is 5.41. The van der Waals surface area contributed by atoms with Crippen LogP contribution in [0.3, 0.4) is 0 Å². The summed E-state index contributed by atoms with van der Waals surface area (Å²) in [6.07, 6.45) is 7.25. The lowest BCUT2D eigenvalue weighted by molar-refractivity contribution is 0.520. The molecule has 6 heteroatoms. The van der Waals surface area contributed by atoms with Gasteiger partial charge < -0.3 is 10.2 Å². The van der Waals surface area contributed by atoms with Gasteiger partial charge in [0.2, 0.25) is 0 Å². The van der Waals surface area contributed by atoms with Gasteiger partial charge in [0.1, 0.15) is 22.8 Å². The zero-order chi connectivity index (χ0) is 17.5. The van der Waals surface area contributed by atoms with Crippen molar-refractivity contribution in [2.75, 3.05) is 23.3 Å². The molecule has 0 saturated carbocycles. The number of halogens is 1. The van der Waals surface area contributed by atoms with E-state index in [2.05, 4.69) is 20.2 Å². The van der Waals surface area contributed by atoms with E-state index < -0.39 is 0 Å². The van der Waals surface area contributed by atoms with Crippen molar-refractivity contribution in [1.82, 2.24) is 9.97 Å². The number of piperidine rings is 1. The number of anilines is 2. The van der Waals surface area contributed by atoms with Crippen LogP contribution in [0.25, 0.3) is 10.2 Å². The van der Waals surface area contributed by atoms with Crippen molar-refractivity contribution in [3.05, 3.63) is 46.9 Å². The van der Waals surface area contributed by atoms with Crippen molar-refractivity contribution < 1.29 is 4.39 Å². The summed E-state index contributed by atoms with van der Waals surface area (Å²) >= 11 is 1.84. The standard InChI is InChI=1S/C20H21FN4S/c21-15-5-1-2-6-16(15)24-13-8-10-25(11-9-13)19-18-14-4-3-7-17(14)26-20(18)23-12-22-19/h1-2,5-6,12-13,24H,3-4,7-11H2. The molecule has 3 heterocycles. The number of aromatic nitrogens is 2. The number of aryl methyl sites for hydroxylation is 2. The van der Waals surface area contributed by atoms with Crippen LogP contribution in [0, 0.1) is 5.82 Å². The van der Waals surface area contributed by atoms with Crippen LogP contribution in [-0.2, 0) is 12.8 Å². The Balaban J connectivity index is 1.35. The van der Waals surface area contributed by atoms with Gasteiger partial charge in [-0.1, -0.05) is 12.1 Å². The number of thiophene rings is 1. The van der Waals surface area contributed by atoms with E-state index in [0.717, 1.165) is 43.0 Å². The number of hydrogen-bond donors (Lipinski definition) is 1. The van der Waals surface area contributed by atoms with Crippen molar-refractivity contribution in [2.24, 2.45) is 0 Å². The minimum Gasteiger partial charge on any atom is -0.380 e. The largest absolute Gasteiger partial charge is 0.380 e. The van der Waals surface area contributed by atoms with Gasteiger partial charge >= 0.3 is 0 Å². The average molecular weight is 368 g/mol. The Labute approximate surface area is 156 Å². The molecule has 0 spiro atoms. The van der Waals surface area contributed by atoms with Crippen LogP contribution in [0.5, 0.6) is 0 Å². The molecule has 0 atom stereocenters. The number of nitrogens with one attached hydrogen (secondary N) is 1. The third kappa shape index (κ3) is 2.72. The van der Waals surface area contributed by atoms with Crippen LogP contribution >= 0.6 is 11.3 Å². The molecule has 0 amide bonds. The number of rotatable bonds is 3. The maximum Gasteiger partial charge on any atom is 0.146 e. The Morgan fingerprint density at radius 2 is 1.96 bits per heavy atom. The Morgan fingerprint density at radius 1 is 1.12 bits per heavy atom. The summed E-state index contributed by atoms with van der Waals surface area (Å²) in [5.74, 6) is 0.917. The lowest BCUT2D eigenvalue weighted by Crippen LogP contribution is -2.39. The summed E-state index contributed by atoms with van der Waals surface area (Å²) < 4.78 is 13.9. The number of nitrogens with zero attached hydrogens (tertiary/aromatic N) is 3. The van der Waals surface area contributed by atoms with Gasteiger partial charge in [-0.05, 0) is 49.8 Å². The van der Waals surface area contributed by atoms with Crippen molar-refractivity contribution >= 4 is 33.1 Å². The lowest BCUT2D eigenvalue weighted by Gasteiger charge is -2.34. The fraction of sp³-hybridized carbons (Fsp3) is 0.400. The van der Waals surface area contributed by atoms with E-state index in [4.69, 9.17) is 0 Å². The summed E-state index contributed by atoms with van der Waals surface area (Å²) in [5, 5.41) is 4.65. The van der Waals surface area contributed by atoms with Crippen LogP contribution in [-0.4, -0.2) is 29.1 Å². The van der Waals surface area contributed by atoms with Gasteiger partial charge in [-0.2, -0.15) is 0 Å². The van der Waals surface area contributed by atoms with Crippen LogP contribution in [0.2, 0.25) is 0 Å². The Bertz CT molecular complexity index is 946. The highest BCUT2D eigenvalue weighted by Gasteiger charge is 2.26. The molecule has 2 aromatic heterocycles. The van der Waals surface area contributed by atoms with Crippen molar-refractivity contribution in [3.63, 3.8) is 0 Å². The Kier molecular flexibility index (Phi) is 4.00. The van der Waals surface area contributed by atoms with E-state index in [1.165, 1.54) is 34.7 Å². The first kappa shape index (κ1) is 16.0. The van der Waals surface area contributed by atoms with Crippen LogP contribution in [0.4, 0.5) is 15.9 Å². The molecule has 0 radical (unpaired) electrons. The molecule has 134 valence electrons. The highest BCUT2D eigenvalue weighted by molar-refractivity contribution is 7.19. The molecular formula is C20H21FN4S. The molecule has 0 bridgehead atoms. The van der Waals surface area contributed by atoms with Crippen LogP contribution in [0.1, 0.15) is 29.7 Å². The molecule has 1 aliphatic carbocycles. The summed E-state index contributed by atoms with van der Waals surface area (Å²) in [4.78, 5) is 14.2. The summed E-state index contributed by atoms with van der Waals surface area (Å²) in [5.41, 5.74) is 2.08. The molecule has 3 aromatic rings. The van der Waals surface area contributed by atoms with Gasteiger partial charge in [0.25, 0.3) is 0 Å². The second kappa shape index (κ2) is 6.50. The molecule has 2 aliphatic rings. The van der Waals surface area contributed by atoms with E-state index in [1.807, 2.05) is 23.5 Å². The summed E-state index contributed by atoms with van der Waals surface area (Å²) in [6, 6.07) is 7.21. The topological polar surface area (TPSA) is 41.0 Å². The minimum atomic E-state index is -0.179. The van der Waals surface area contributed by atoms with Crippen molar-refractivity contribution in [1.29, 1.82) is 0 Å². The van der Waals surface area contributed by atoms with Crippen molar-refractivity contribution in [3.8, 4) is 0 Å². The van der Waals surface area contributed by atoms with Gasteiger partial charge in [0, 0.05) is 24.0 Å². The van der Waals surface area contributed by atoms with Gasteiger partial charge in [-0.3, -0.25) is 0 Å². The van der Waals surface area contributed by atoms with Gasteiger partial charge in [0.05, 0.1) is 11.1 Å². The first-order valence-corrected chi connectivity index (χ1v) is 10.1. The van der Waals surface area contributed by atoms with Crippen molar-refractivity contribution in [2.45, 2.75) is 38.1 Å². The highest BCUT2D eigenvalue weighted by Crippen LogP contribution is 2.40. The second-order valence-electron chi connectivity index (χ2n) is 7.12. The molecule has 1 N–H and O–H groups in total. The van der Waals surface area contributed by atoms with E-state index in [-0.39, 0.29) is 5.82 Å². The average Bonchev–Trinajstić information content (AvgIpc) is 3.25. The molecular weight excluding hydrogens is 347 g/mol. The second-order valence-corrected chi connectivity index (χ2v) is 8.20. The molecule has 1 saturated heterocycles. The molecule has 26 heavy (non-hydrogen) atoms. The van der Waals surface area contributed by atoms with Crippen LogP contribution < -0.4 is 10.2 Å². The first-order valence-electron chi connectivity index (χ1n) is 9.31. The number of fused-ring (bicyclic) bond motifs is 3. The maximum absolute atomic E-state index is 13.9. The zero-order valence-electron chi connectivity index (χ0n) is 14.5. The van der Waals surface area contributed by atoms with Crippen LogP contribution in [0.15, 0.2) is 30.6 Å². The number of benzene rings is 1. The summed E-state index contributed by atoms with van der Waals surface area (Å²) in [7, 11) is 0. The number of para-hydroxylation sites is 1. The molecule has 0 unspecified atom stereocenters. The third-order valence-electron chi connectivity index (χ3n) is 5.51. The van der Waals surface area contributed by atoms with Gasteiger partial charge in [-0.15, -0.1) is 11.3 Å². The minimum absolute atomic E-state index is 0.179. The fourth-order valence-electron chi connectivity index (χ4n) is 4.19. The van der Waals surface area contributed by atoms with Gasteiger partial charge in [-0.25, -0.2) is 14.4 Å². The third-order valence-corrected chi connectivity index (χ3v) is 6.71. The predicted octanol–water partition coefficient (Wildman–Crippen LogP) is 4.40. The van der Waals surface area contributed by atoms with Gasteiger partial charge in [0.15, 0.2) is 0 Å². The lowest BCUT2D eigenvalue weighted by atomic mass is 10.0. The molecule has 4 nitrogen and oxygen atoms in total. The first-order chi connectivity index (χ1) is 12.8. The monoisotopic (exact) mass is 368 g/mol. The molecule has 1 fully saturated rings.